The summed E-state index contributed by atoms with van der Waals surface area (Å²) in [5.74, 6) is 0.275. The Hall–Kier alpha value is -1.27. The largest absolute Gasteiger partial charge is 0.508 e. The third kappa shape index (κ3) is 5.06. The Morgan fingerprint density at radius 2 is 2.06 bits per heavy atom. The van der Waals surface area contributed by atoms with Crippen LogP contribution in [0.5, 0.6) is 5.75 Å². The van der Waals surface area contributed by atoms with E-state index in [2.05, 4.69) is 0 Å². The maximum absolute atomic E-state index is 11.0. The maximum Gasteiger partial charge on any atom is 0.148 e. The van der Waals surface area contributed by atoms with Gasteiger partial charge in [0.25, 0.3) is 0 Å². The number of benzene rings is 1. The van der Waals surface area contributed by atoms with Crippen LogP contribution in [0.15, 0.2) is 18.2 Å². The summed E-state index contributed by atoms with van der Waals surface area (Å²) in [5, 5.41) is 9.61. The van der Waals surface area contributed by atoms with Gasteiger partial charge in [0.15, 0.2) is 0 Å². The standard InChI is InChI=1S/C11H18N2O3S/c1-13(5-6-17(2,15)16)8-9-7-10(12)3-4-11(9)14/h3-4,7,14H,5-6,8,12H2,1-2H3. The Morgan fingerprint density at radius 3 is 2.65 bits per heavy atom. The number of nitrogen functional groups attached to an aromatic ring is 1. The van der Waals surface area contributed by atoms with Gasteiger partial charge in [-0.05, 0) is 25.2 Å². The predicted octanol–water partition coefficient (Wildman–Crippen LogP) is 0.451. The molecule has 0 aromatic heterocycles. The van der Waals surface area contributed by atoms with E-state index in [0.717, 1.165) is 0 Å². The molecule has 1 aromatic carbocycles. The number of phenolic OH excluding ortho intramolecular Hbond substituents is 1. The molecule has 1 aromatic rings. The van der Waals surface area contributed by atoms with Crippen molar-refractivity contribution in [3.8, 4) is 5.75 Å². The molecule has 0 aliphatic carbocycles. The predicted molar refractivity (Wildman–Crippen MR) is 68.6 cm³/mol. The first-order valence-corrected chi connectivity index (χ1v) is 7.27. The number of nitrogens with two attached hydrogens (primary N) is 1. The lowest BCUT2D eigenvalue weighted by Gasteiger charge is -2.17. The van der Waals surface area contributed by atoms with Crippen LogP contribution in [0.25, 0.3) is 0 Å². The Morgan fingerprint density at radius 1 is 1.41 bits per heavy atom. The van der Waals surface area contributed by atoms with Crippen LogP contribution in [0.2, 0.25) is 0 Å². The van der Waals surface area contributed by atoms with Crippen LogP contribution in [0.1, 0.15) is 5.56 Å². The van der Waals surface area contributed by atoms with E-state index in [1.807, 2.05) is 4.90 Å². The van der Waals surface area contributed by atoms with Crippen molar-refractivity contribution in [3.63, 3.8) is 0 Å². The summed E-state index contributed by atoms with van der Waals surface area (Å²) in [7, 11) is -1.16. The van der Waals surface area contributed by atoms with Crippen LogP contribution < -0.4 is 5.73 Å². The van der Waals surface area contributed by atoms with E-state index in [1.165, 1.54) is 12.3 Å². The van der Waals surface area contributed by atoms with E-state index in [9.17, 15) is 13.5 Å². The van der Waals surface area contributed by atoms with Crippen molar-refractivity contribution in [2.45, 2.75) is 6.54 Å². The van der Waals surface area contributed by atoms with Gasteiger partial charge in [-0.2, -0.15) is 0 Å². The van der Waals surface area contributed by atoms with Crippen LogP contribution in [-0.2, 0) is 16.4 Å². The Balaban J connectivity index is 2.62. The summed E-state index contributed by atoms with van der Waals surface area (Å²) < 4.78 is 22.0. The van der Waals surface area contributed by atoms with Gasteiger partial charge in [-0.15, -0.1) is 0 Å². The summed E-state index contributed by atoms with van der Waals surface area (Å²) in [5.41, 5.74) is 6.89. The summed E-state index contributed by atoms with van der Waals surface area (Å²) in [4.78, 5) is 1.83. The number of phenols is 1. The molecule has 0 bridgehead atoms. The van der Waals surface area contributed by atoms with Gasteiger partial charge in [-0.3, -0.25) is 0 Å². The van der Waals surface area contributed by atoms with Gasteiger partial charge < -0.3 is 15.7 Å². The zero-order valence-corrected chi connectivity index (χ0v) is 10.9. The van der Waals surface area contributed by atoms with Crippen molar-refractivity contribution in [2.75, 3.05) is 31.3 Å². The van der Waals surface area contributed by atoms with Crippen molar-refractivity contribution in [1.29, 1.82) is 0 Å². The number of hydrogen-bond donors (Lipinski definition) is 2. The lowest BCUT2D eigenvalue weighted by atomic mass is 10.1. The molecule has 6 heteroatoms. The first-order chi connectivity index (χ1) is 7.78. The van der Waals surface area contributed by atoms with Crippen molar-refractivity contribution in [3.05, 3.63) is 23.8 Å². The molecular formula is C11H18N2O3S. The highest BCUT2D eigenvalue weighted by atomic mass is 32.2. The van der Waals surface area contributed by atoms with Gasteiger partial charge in [-0.25, -0.2) is 8.42 Å². The van der Waals surface area contributed by atoms with E-state index in [0.29, 0.717) is 24.3 Å². The topological polar surface area (TPSA) is 83.6 Å². The maximum atomic E-state index is 11.0. The first-order valence-electron chi connectivity index (χ1n) is 5.21. The molecule has 0 unspecified atom stereocenters. The number of anilines is 1. The second-order valence-electron chi connectivity index (χ2n) is 4.26. The molecule has 96 valence electrons. The van der Waals surface area contributed by atoms with Gasteiger partial charge in [0.1, 0.15) is 15.6 Å². The van der Waals surface area contributed by atoms with Gasteiger partial charge in [-0.1, -0.05) is 0 Å². The Bertz CT molecular complexity index is 485. The van der Waals surface area contributed by atoms with E-state index in [-0.39, 0.29) is 11.5 Å². The molecule has 0 saturated carbocycles. The van der Waals surface area contributed by atoms with Gasteiger partial charge in [0.05, 0.1) is 5.75 Å². The number of nitrogens with zero attached hydrogens (tertiary/aromatic N) is 1. The first kappa shape index (κ1) is 13.8. The average Bonchev–Trinajstić information content (AvgIpc) is 2.20. The fraction of sp³-hybridized carbons (Fsp3) is 0.455. The number of rotatable bonds is 5. The van der Waals surface area contributed by atoms with Gasteiger partial charge in [0.2, 0.25) is 0 Å². The quantitative estimate of drug-likeness (QED) is 0.592. The fourth-order valence-electron chi connectivity index (χ4n) is 1.42. The highest BCUT2D eigenvalue weighted by Gasteiger charge is 2.08. The van der Waals surface area contributed by atoms with Crippen molar-refractivity contribution in [2.24, 2.45) is 0 Å². The third-order valence-corrected chi connectivity index (χ3v) is 3.31. The van der Waals surface area contributed by atoms with E-state index in [1.54, 1.807) is 19.2 Å². The molecule has 0 heterocycles. The summed E-state index contributed by atoms with van der Waals surface area (Å²) >= 11 is 0. The minimum atomic E-state index is -2.96. The third-order valence-electron chi connectivity index (χ3n) is 2.39. The molecule has 0 saturated heterocycles. The zero-order valence-electron chi connectivity index (χ0n) is 10.0. The van der Waals surface area contributed by atoms with Gasteiger partial charge in [0, 0.05) is 30.6 Å². The normalized spacial score (nSPS) is 11.9. The summed E-state index contributed by atoms with van der Waals surface area (Å²) in [6, 6.07) is 4.84. The number of sulfone groups is 1. The molecule has 0 spiro atoms. The molecule has 0 radical (unpaired) electrons. The molecule has 17 heavy (non-hydrogen) atoms. The minimum Gasteiger partial charge on any atom is -0.508 e. The zero-order chi connectivity index (χ0) is 13.1. The summed E-state index contributed by atoms with van der Waals surface area (Å²) in [6.07, 6.45) is 1.21. The highest BCUT2D eigenvalue weighted by molar-refractivity contribution is 7.90. The van der Waals surface area contributed by atoms with Crippen LogP contribution in [0.4, 0.5) is 5.69 Å². The van der Waals surface area contributed by atoms with Gasteiger partial charge >= 0.3 is 0 Å². The second-order valence-corrected chi connectivity index (χ2v) is 6.52. The van der Waals surface area contributed by atoms with E-state index >= 15 is 0 Å². The van der Waals surface area contributed by atoms with E-state index in [4.69, 9.17) is 5.73 Å². The monoisotopic (exact) mass is 258 g/mol. The Labute approximate surface area is 102 Å². The average molecular weight is 258 g/mol. The second kappa shape index (κ2) is 5.37. The van der Waals surface area contributed by atoms with Crippen molar-refractivity contribution < 1.29 is 13.5 Å². The molecule has 1 rings (SSSR count). The molecule has 3 N–H and O–H groups in total. The molecular weight excluding hydrogens is 240 g/mol. The minimum absolute atomic E-state index is 0.104. The highest BCUT2D eigenvalue weighted by Crippen LogP contribution is 2.20. The van der Waals surface area contributed by atoms with Crippen LogP contribution in [0, 0.1) is 0 Å². The molecule has 5 nitrogen and oxygen atoms in total. The molecule has 0 fully saturated rings. The number of aromatic hydroxyl groups is 1. The molecule has 0 aliphatic heterocycles. The molecule has 0 atom stereocenters. The lowest BCUT2D eigenvalue weighted by molar-refractivity contribution is 0.338. The molecule has 0 amide bonds. The number of hydrogen-bond acceptors (Lipinski definition) is 5. The van der Waals surface area contributed by atoms with E-state index < -0.39 is 9.84 Å². The fourth-order valence-corrected chi connectivity index (χ4v) is 2.07. The smallest absolute Gasteiger partial charge is 0.148 e. The van der Waals surface area contributed by atoms with Crippen molar-refractivity contribution in [1.82, 2.24) is 4.90 Å². The van der Waals surface area contributed by atoms with Crippen LogP contribution in [0.3, 0.4) is 0 Å². The Kier molecular flexibility index (Phi) is 4.36. The lowest BCUT2D eigenvalue weighted by Crippen LogP contribution is -2.24. The van der Waals surface area contributed by atoms with Crippen molar-refractivity contribution >= 4 is 15.5 Å². The summed E-state index contributed by atoms with van der Waals surface area (Å²) in [6.45, 7) is 0.888. The SMILES string of the molecule is CN(CCS(C)(=O)=O)Cc1cc(N)ccc1O. The molecule has 0 aliphatic rings. The van der Waals surface area contributed by atoms with Crippen LogP contribution in [-0.4, -0.2) is 44.0 Å². The van der Waals surface area contributed by atoms with Crippen LogP contribution >= 0.6 is 0 Å².